The number of nitrogens with one attached hydrogen (secondary N) is 2. The molecule has 0 spiro atoms. The molecule has 39 heavy (non-hydrogen) atoms. The second-order valence-corrected chi connectivity index (χ2v) is 9.55. The van der Waals surface area contributed by atoms with E-state index < -0.39 is 0 Å². The Labute approximate surface area is 229 Å². The number of aromatic amines is 1. The first-order valence-corrected chi connectivity index (χ1v) is 13.6. The average Bonchev–Trinajstić information content (AvgIpc) is 3.48. The molecule has 2 atom stereocenters. The highest BCUT2D eigenvalue weighted by molar-refractivity contribution is 5.81. The first-order valence-electron chi connectivity index (χ1n) is 13.6. The van der Waals surface area contributed by atoms with Crippen molar-refractivity contribution >= 4 is 11.0 Å². The van der Waals surface area contributed by atoms with Crippen LogP contribution in [0.5, 0.6) is 17.2 Å². The highest BCUT2D eigenvalue weighted by Gasteiger charge is 2.27. The number of H-pyrrole nitrogens is 1. The number of hydrogen-bond donors (Lipinski definition) is 2. The molecule has 2 N–H and O–H groups in total. The van der Waals surface area contributed by atoms with Crippen molar-refractivity contribution in [3.63, 3.8) is 0 Å². The second-order valence-electron chi connectivity index (χ2n) is 9.55. The van der Waals surface area contributed by atoms with Crippen molar-refractivity contribution in [2.24, 2.45) is 0 Å². The molecule has 0 unspecified atom stereocenters. The quantitative estimate of drug-likeness (QED) is 0.219. The van der Waals surface area contributed by atoms with E-state index in [1.165, 1.54) is 5.56 Å². The van der Waals surface area contributed by atoms with E-state index in [9.17, 15) is 0 Å². The molecule has 1 aliphatic rings. The highest BCUT2D eigenvalue weighted by Crippen LogP contribution is 2.29. The van der Waals surface area contributed by atoms with Crippen LogP contribution in [0.1, 0.15) is 29.9 Å². The summed E-state index contributed by atoms with van der Waals surface area (Å²) < 4.78 is 29.3. The molecule has 0 bridgehead atoms. The van der Waals surface area contributed by atoms with Gasteiger partial charge >= 0.3 is 0 Å². The topological polar surface area (TPSA) is 86.9 Å². The number of fused-ring (bicyclic) bond motifs is 1. The van der Waals surface area contributed by atoms with Crippen LogP contribution in [-0.2, 0) is 16.1 Å². The molecule has 206 valence electrons. The van der Waals surface area contributed by atoms with Crippen LogP contribution in [0.15, 0.2) is 73.1 Å². The Morgan fingerprint density at radius 3 is 2.64 bits per heavy atom. The summed E-state index contributed by atoms with van der Waals surface area (Å²) in [5, 5.41) is 3.46. The summed E-state index contributed by atoms with van der Waals surface area (Å²) in [6.45, 7) is 4.57. The molecule has 8 nitrogen and oxygen atoms in total. The van der Waals surface area contributed by atoms with Crippen molar-refractivity contribution in [2.45, 2.75) is 31.5 Å². The molecule has 1 aliphatic heterocycles. The molecule has 2 heterocycles. The van der Waals surface area contributed by atoms with Gasteiger partial charge in [0.2, 0.25) is 0 Å². The number of piperidine rings is 1. The van der Waals surface area contributed by atoms with Gasteiger partial charge in [0, 0.05) is 24.4 Å². The number of benzene rings is 3. The zero-order valence-corrected chi connectivity index (χ0v) is 22.4. The van der Waals surface area contributed by atoms with Crippen LogP contribution in [0.4, 0.5) is 0 Å². The molecule has 1 aromatic heterocycles. The molecule has 8 heteroatoms. The molecule has 3 aromatic carbocycles. The number of ether oxygens (including phenoxy) is 5. The van der Waals surface area contributed by atoms with Gasteiger partial charge < -0.3 is 34.0 Å². The second kappa shape index (κ2) is 14.0. The van der Waals surface area contributed by atoms with Crippen LogP contribution in [0.2, 0.25) is 0 Å². The fraction of sp³-hybridized carbons (Fsp3) is 0.387. The minimum atomic E-state index is 0.0932. The summed E-state index contributed by atoms with van der Waals surface area (Å²) in [7, 11) is 1.68. The third-order valence-electron chi connectivity index (χ3n) is 6.97. The number of rotatable bonds is 14. The van der Waals surface area contributed by atoms with Crippen molar-refractivity contribution in [3.05, 3.63) is 84.2 Å². The Kier molecular flexibility index (Phi) is 9.68. The van der Waals surface area contributed by atoms with Gasteiger partial charge in [0.05, 0.1) is 51.5 Å². The minimum absolute atomic E-state index is 0.0932. The molecule has 0 aliphatic carbocycles. The Morgan fingerprint density at radius 2 is 1.74 bits per heavy atom. The molecule has 0 amide bonds. The van der Waals surface area contributed by atoms with Crippen molar-refractivity contribution in [1.29, 1.82) is 0 Å². The largest absolute Gasteiger partial charge is 0.496 e. The maximum atomic E-state index is 6.28. The molecule has 5 rings (SSSR count). The van der Waals surface area contributed by atoms with E-state index >= 15 is 0 Å². The van der Waals surface area contributed by atoms with Gasteiger partial charge in [0.25, 0.3) is 0 Å². The van der Waals surface area contributed by atoms with E-state index in [0.29, 0.717) is 39.0 Å². The lowest BCUT2D eigenvalue weighted by Crippen LogP contribution is -2.41. The van der Waals surface area contributed by atoms with Crippen LogP contribution < -0.4 is 19.5 Å². The normalized spacial score (nSPS) is 17.3. The third-order valence-corrected chi connectivity index (χ3v) is 6.97. The van der Waals surface area contributed by atoms with Crippen LogP contribution in [-0.4, -0.2) is 62.7 Å². The third kappa shape index (κ3) is 7.29. The summed E-state index contributed by atoms with van der Waals surface area (Å²) in [6.07, 6.45) is 3.62. The first-order chi connectivity index (χ1) is 19.3. The van der Waals surface area contributed by atoms with Crippen LogP contribution in [0.3, 0.4) is 0 Å². The van der Waals surface area contributed by atoms with Gasteiger partial charge in [-0.3, -0.25) is 0 Å². The van der Waals surface area contributed by atoms with Crippen molar-refractivity contribution in [1.82, 2.24) is 15.3 Å². The van der Waals surface area contributed by atoms with E-state index in [-0.39, 0.29) is 6.10 Å². The van der Waals surface area contributed by atoms with Gasteiger partial charge in [-0.15, -0.1) is 0 Å². The van der Waals surface area contributed by atoms with Crippen molar-refractivity contribution in [2.75, 3.05) is 46.6 Å². The number of nitrogens with zero attached hydrogens (tertiary/aromatic N) is 1. The summed E-state index contributed by atoms with van der Waals surface area (Å²) in [5.74, 6) is 2.83. The first kappa shape index (κ1) is 27.0. The molecular formula is C31H37N3O5. The molecule has 0 radical (unpaired) electrons. The Hall–Kier alpha value is -3.59. The number of imidazole rings is 1. The van der Waals surface area contributed by atoms with Gasteiger partial charge in [-0.2, -0.15) is 0 Å². The lowest BCUT2D eigenvalue weighted by molar-refractivity contribution is 0.00749. The maximum Gasteiger partial charge on any atom is 0.147 e. The molecular weight excluding hydrogens is 494 g/mol. The van der Waals surface area contributed by atoms with Crippen LogP contribution >= 0.6 is 0 Å². The number of hydrogen-bond acceptors (Lipinski definition) is 7. The van der Waals surface area contributed by atoms with Gasteiger partial charge in [-0.05, 0) is 48.9 Å². The van der Waals surface area contributed by atoms with Crippen LogP contribution in [0, 0.1) is 0 Å². The van der Waals surface area contributed by atoms with Gasteiger partial charge in [0.1, 0.15) is 29.4 Å². The minimum Gasteiger partial charge on any atom is -0.496 e. The highest BCUT2D eigenvalue weighted by atomic mass is 16.5. The average molecular weight is 532 g/mol. The van der Waals surface area contributed by atoms with Gasteiger partial charge in [-0.25, -0.2) is 4.98 Å². The van der Waals surface area contributed by atoms with E-state index in [1.54, 1.807) is 13.4 Å². The van der Waals surface area contributed by atoms with Gasteiger partial charge in [-0.1, -0.05) is 36.4 Å². The molecule has 1 saturated heterocycles. The summed E-state index contributed by atoms with van der Waals surface area (Å²) >= 11 is 0. The number of methoxy groups -OCH3 is 1. The van der Waals surface area contributed by atoms with E-state index in [2.05, 4.69) is 39.6 Å². The van der Waals surface area contributed by atoms with Crippen molar-refractivity contribution < 1.29 is 23.7 Å². The monoisotopic (exact) mass is 531 g/mol. The lowest BCUT2D eigenvalue weighted by atomic mass is 9.88. The fourth-order valence-electron chi connectivity index (χ4n) is 4.96. The van der Waals surface area contributed by atoms with Gasteiger partial charge in [0.15, 0.2) is 0 Å². The number of para-hydroxylation sites is 2. The standard InChI is InChI=1S/C31H37N3O5/c1-35-28-8-3-2-6-24(28)21-36-16-5-17-37-25-12-10-23(11-13-25)26-14-15-32-20-30(26)39-19-18-38-29-9-4-7-27-31(29)34-22-33-27/h2-4,6-13,22,26,30,32H,5,14-21H2,1H3,(H,33,34)/t26-,30+/m1/s1. The van der Waals surface area contributed by atoms with E-state index in [0.717, 1.165) is 59.8 Å². The van der Waals surface area contributed by atoms with Crippen molar-refractivity contribution in [3.8, 4) is 17.2 Å². The summed E-state index contributed by atoms with van der Waals surface area (Å²) in [4.78, 5) is 7.45. The predicted molar refractivity (Wildman–Crippen MR) is 151 cm³/mol. The smallest absolute Gasteiger partial charge is 0.147 e. The maximum absolute atomic E-state index is 6.28. The number of aromatic nitrogens is 2. The summed E-state index contributed by atoms with van der Waals surface area (Å²) in [5.41, 5.74) is 4.14. The molecule has 1 fully saturated rings. The summed E-state index contributed by atoms with van der Waals surface area (Å²) in [6, 6.07) is 22.2. The Bertz CT molecular complexity index is 1290. The zero-order chi connectivity index (χ0) is 26.7. The molecule has 4 aromatic rings. The molecule has 0 saturated carbocycles. The van der Waals surface area contributed by atoms with E-state index in [1.807, 2.05) is 42.5 Å². The Balaban J connectivity index is 1.03. The predicted octanol–water partition coefficient (Wildman–Crippen LogP) is 5.10. The SMILES string of the molecule is COc1ccccc1COCCCOc1ccc([C@H]2CCNC[C@@H]2OCCOc2cccc3[nH]cnc23)cc1. The Morgan fingerprint density at radius 1 is 0.872 bits per heavy atom. The lowest BCUT2D eigenvalue weighted by Gasteiger charge is -2.32. The van der Waals surface area contributed by atoms with Crippen LogP contribution in [0.25, 0.3) is 11.0 Å². The zero-order valence-electron chi connectivity index (χ0n) is 22.4. The fourth-order valence-corrected chi connectivity index (χ4v) is 4.96. The van der Waals surface area contributed by atoms with E-state index in [4.69, 9.17) is 23.7 Å².